The third kappa shape index (κ3) is 3.19. The monoisotopic (exact) mass is 293 g/mol. The van der Waals surface area contributed by atoms with E-state index in [-0.39, 0.29) is 12.3 Å². The maximum atomic E-state index is 11.9. The number of hydrogen-bond donors (Lipinski definition) is 3. The standard InChI is InChI=1S/C12H15N5O4/c1-12(10(18)19,9-4-3-5-21-9)14-11(20)13-6-8-7-17(2)16-15-8/h3-5,7H,6H2,1-2H3,(H,18,19)(H2,13,14,20). The smallest absolute Gasteiger partial charge is 0.337 e. The Morgan fingerprint density at radius 2 is 2.29 bits per heavy atom. The lowest BCUT2D eigenvalue weighted by molar-refractivity contribution is -0.144. The number of nitrogens with zero attached hydrogens (tertiary/aromatic N) is 3. The summed E-state index contributed by atoms with van der Waals surface area (Å²) in [5, 5.41) is 21.7. The van der Waals surface area contributed by atoms with Gasteiger partial charge in [0.15, 0.2) is 5.54 Å². The third-order valence-electron chi connectivity index (χ3n) is 2.89. The van der Waals surface area contributed by atoms with Crippen LogP contribution in [-0.4, -0.2) is 32.1 Å². The number of carboxylic acids is 1. The van der Waals surface area contributed by atoms with Crippen LogP contribution in [-0.2, 0) is 23.9 Å². The number of aryl methyl sites for hydroxylation is 1. The van der Waals surface area contributed by atoms with E-state index in [1.807, 2.05) is 0 Å². The van der Waals surface area contributed by atoms with Gasteiger partial charge in [-0.3, -0.25) is 4.68 Å². The van der Waals surface area contributed by atoms with E-state index in [1.54, 1.807) is 19.3 Å². The Morgan fingerprint density at radius 3 is 2.81 bits per heavy atom. The maximum Gasteiger partial charge on any atom is 0.337 e. The highest BCUT2D eigenvalue weighted by molar-refractivity contribution is 5.86. The molecule has 3 N–H and O–H groups in total. The second-order valence-corrected chi connectivity index (χ2v) is 4.60. The van der Waals surface area contributed by atoms with E-state index in [0.29, 0.717) is 5.69 Å². The molecule has 0 aliphatic rings. The van der Waals surface area contributed by atoms with Gasteiger partial charge in [0.05, 0.1) is 12.8 Å². The number of hydrogen-bond acceptors (Lipinski definition) is 5. The molecule has 9 nitrogen and oxygen atoms in total. The SMILES string of the molecule is Cn1cc(CNC(=O)NC(C)(C(=O)O)c2ccco2)nn1. The molecule has 0 radical (unpaired) electrons. The van der Waals surface area contributed by atoms with Crippen molar-refractivity contribution in [3.8, 4) is 0 Å². The maximum absolute atomic E-state index is 11.9. The van der Waals surface area contributed by atoms with Crippen molar-refractivity contribution >= 4 is 12.0 Å². The molecule has 0 saturated heterocycles. The summed E-state index contributed by atoms with van der Waals surface area (Å²) in [6.07, 6.45) is 2.98. The molecule has 9 heteroatoms. The molecule has 112 valence electrons. The van der Waals surface area contributed by atoms with Crippen molar-refractivity contribution in [2.75, 3.05) is 0 Å². The Morgan fingerprint density at radius 1 is 1.52 bits per heavy atom. The quantitative estimate of drug-likeness (QED) is 0.724. The van der Waals surface area contributed by atoms with E-state index < -0.39 is 17.5 Å². The van der Waals surface area contributed by atoms with E-state index >= 15 is 0 Å². The van der Waals surface area contributed by atoms with Gasteiger partial charge in [-0.1, -0.05) is 5.21 Å². The molecule has 0 spiro atoms. The first-order valence-electron chi connectivity index (χ1n) is 6.10. The van der Waals surface area contributed by atoms with Gasteiger partial charge >= 0.3 is 12.0 Å². The van der Waals surface area contributed by atoms with Crippen LogP contribution in [0.2, 0.25) is 0 Å². The first-order valence-corrected chi connectivity index (χ1v) is 6.10. The number of furan rings is 1. The summed E-state index contributed by atoms with van der Waals surface area (Å²) >= 11 is 0. The summed E-state index contributed by atoms with van der Waals surface area (Å²) in [6, 6.07) is 2.38. The number of carboxylic acid groups (broad SMARTS) is 1. The van der Waals surface area contributed by atoms with Crippen molar-refractivity contribution in [1.29, 1.82) is 0 Å². The van der Waals surface area contributed by atoms with E-state index in [4.69, 9.17) is 4.42 Å². The molecule has 0 aliphatic carbocycles. The molecule has 2 aromatic heterocycles. The number of aromatic nitrogens is 3. The van der Waals surface area contributed by atoms with Crippen LogP contribution >= 0.6 is 0 Å². The van der Waals surface area contributed by atoms with Crippen molar-refractivity contribution < 1.29 is 19.1 Å². The van der Waals surface area contributed by atoms with E-state index in [9.17, 15) is 14.7 Å². The van der Waals surface area contributed by atoms with Crippen LogP contribution in [0.4, 0.5) is 4.79 Å². The fourth-order valence-electron chi connectivity index (χ4n) is 1.70. The molecule has 0 bridgehead atoms. The van der Waals surface area contributed by atoms with Gasteiger partial charge in [0.1, 0.15) is 11.5 Å². The molecular weight excluding hydrogens is 278 g/mol. The summed E-state index contributed by atoms with van der Waals surface area (Å²) in [5.41, 5.74) is -1.10. The van der Waals surface area contributed by atoms with Gasteiger partial charge in [0.25, 0.3) is 0 Å². The number of carbonyl (C=O) groups excluding carboxylic acids is 1. The molecule has 2 rings (SSSR count). The number of amides is 2. The molecule has 0 aromatic carbocycles. The number of nitrogens with one attached hydrogen (secondary N) is 2. The number of urea groups is 1. The Balaban J connectivity index is 2.01. The van der Waals surface area contributed by atoms with Crippen molar-refractivity contribution in [3.63, 3.8) is 0 Å². The zero-order valence-corrected chi connectivity index (χ0v) is 11.5. The van der Waals surface area contributed by atoms with Gasteiger partial charge < -0.3 is 20.2 Å². The van der Waals surface area contributed by atoms with Crippen molar-refractivity contribution in [2.24, 2.45) is 7.05 Å². The first kappa shape index (κ1) is 14.6. The van der Waals surface area contributed by atoms with Crippen molar-refractivity contribution in [3.05, 3.63) is 36.0 Å². The van der Waals surface area contributed by atoms with Gasteiger partial charge in [-0.15, -0.1) is 5.10 Å². The fraction of sp³-hybridized carbons (Fsp3) is 0.333. The summed E-state index contributed by atoms with van der Waals surface area (Å²) in [4.78, 5) is 23.3. The topological polar surface area (TPSA) is 122 Å². The fourth-order valence-corrected chi connectivity index (χ4v) is 1.70. The normalized spacial score (nSPS) is 13.4. The molecule has 2 amide bonds. The zero-order chi connectivity index (χ0) is 15.5. The predicted octanol–water partition coefficient (Wildman–Crippen LogP) is 0.207. The number of aliphatic carboxylic acids is 1. The van der Waals surface area contributed by atoms with Gasteiger partial charge in [-0.2, -0.15) is 0 Å². The van der Waals surface area contributed by atoms with Crippen LogP contribution in [0, 0.1) is 0 Å². The summed E-state index contributed by atoms with van der Waals surface area (Å²) in [5.74, 6) is -1.10. The lowest BCUT2D eigenvalue weighted by Crippen LogP contribution is -2.52. The Kier molecular flexibility index (Phi) is 3.92. The zero-order valence-electron chi connectivity index (χ0n) is 11.5. The van der Waals surface area contributed by atoms with Crippen LogP contribution in [0.1, 0.15) is 18.4 Å². The molecule has 0 fully saturated rings. The average Bonchev–Trinajstić information content (AvgIpc) is 3.07. The Labute approximate surface area is 119 Å². The van der Waals surface area contributed by atoms with Gasteiger partial charge in [0.2, 0.25) is 0 Å². The molecule has 21 heavy (non-hydrogen) atoms. The first-order chi connectivity index (χ1) is 9.91. The van der Waals surface area contributed by atoms with E-state index in [1.165, 1.54) is 23.9 Å². The van der Waals surface area contributed by atoms with Gasteiger partial charge in [-0.25, -0.2) is 9.59 Å². The predicted molar refractivity (Wildman–Crippen MR) is 70.1 cm³/mol. The highest BCUT2D eigenvalue weighted by Gasteiger charge is 2.39. The van der Waals surface area contributed by atoms with E-state index in [0.717, 1.165) is 0 Å². The van der Waals surface area contributed by atoms with Crippen LogP contribution < -0.4 is 10.6 Å². The lowest BCUT2D eigenvalue weighted by atomic mass is 9.99. The highest BCUT2D eigenvalue weighted by Crippen LogP contribution is 2.21. The summed E-state index contributed by atoms with van der Waals surface area (Å²) in [7, 11) is 1.70. The Hall–Kier alpha value is -2.84. The minimum atomic E-state index is -1.66. The van der Waals surface area contributed by atoms with Gasteiger partial charge in [-0.05, 0) is 19.1 Å². The lowest BCUT2D eigenvalue weighted by Gasteiger charge is -2.23. The van der Waals surface area contributed by atoms with Crippen LogP contribution in [0.5, 0.6) is 0 Å². The molecule has 0 saturated carbocycles. The van der Waals surface area contributed by atoms with Gasteiger partial charge in [0, 0.05) is 13.2 Å². The van der Waals surface area contributed by atoms with E-state index in [2.05, 4.69) is 20.9 Å². The molecule has 1 unspecified atom stereocenters. The second kappa shape index (κ2) is 5.65. The number of carbonyl (C=O) groups is 2. The third-order valence-corrected chi connectivity index (χ3v) is 2.89. The number of rotatable bonds is 5. The minimum Gasteiger partial charge on any atom is -0.479 e. The summed E-state index contributed by atoms with van der Waals surface area (Å²) in [6.45, 7) is 1.48. The van der Waals surface area contributed by atoms with Crippen LogP contribution in [0.25, 0.3) is 0 Å². The molecule has 2 heterocycles. The highest BCUT2D eigenvalue weighted by atomic mass is 16.4. The molecule has 2 aromatic rings. The van der Waals surface area contributed by atoms with Crippen LogP contribution in [0.15, 0.2) is 29.0 Å². The molecule has 0 aliphatic heterocycles. The Bertz CT molecular complexity index is 636. The second-order valence-electron chi connectivity index (χ2n) is 4.60. The van der Waals surface area contributed by atoms with Crippen molar-refractivity contribution in [1.82, 2.24) is 25.6 Å². The largest absolute Gasteiger partial charge is 0.479 e. The molecule has 1 atom stereocenters. The summed E-state index contributed by atoms with van der Waals surface area (Å²) < 4.78 is 6.58. The van der Waals surface area contributed by atoms with Crippen molar-refractivity contribution in [2.45, 2.75) is 19.0 Å². The van der Waals surface area contributed by atoms with Crippen LogP contribution in [0.3, 0.4) is 0 Å². The average molecular weight is 293 g/mol. The molecular formula is C12H15N5O4. The minimum absolute atomic E-state index is 0.129.